The molecule has 0 N–H and O–H groups in total. The minimum atomic E-state index is -0.291. The second-order valence-electron chi connectivity index (χ2n) is 7.83. The molecule has 0 spiro atoms. The number of nitrogens with zero attached hydrogens (tertiary/aromatic N) is 2. The van der Waals surface area contributed by atoms with Crippen LogP contribution in [-0.2, 0) is 16.7 Å². The Kier molecular flexibility index (Phi) is 5.12. The number of thioether (sulfide) groups is 1. The van der Waals surface area contributed by atoms with Crippen molar-refractivity contribution in [3.05, 3.63) is 44.0 Å². The van der Waals surface area contributed by atoms with E-state index in [1.807, 2.05) is 45.2 Å². The zero-order valence-corrected chi connectivity index (χ0v) is 16.7. The van der Waals surface area contributed by atoms with Crippen LogP contribution in [0.15, 0.2) is 28.0 Å². The van der Waals surface area contributed by atoms with Crippen LogP contribution in [-0.4, -0.2) is 9.78 Å². The fourth-order valence-electron chi connectivity index (χ4n) is 2.15. The molecule has 23 heavy (non-hydrogen) atoms. The highest BCUT2D eigenvalue weighted by Crippen LogP contribution is 2.33. The van der Waals surface area contributed by atoms with Crippen LogP contribution in [0.25, 0.3) is 0 Å². The smallest absolute Gasteiger partial charge is 0.267 e. The van der Waals surface area contributed by atoms with Gasteiger partial charge in [-0.2, -0.15) is 5.10 Å². The molecule has 0 amide bonds. The van der Waals surface area contributed by atoms with Gasteiger partial charge in [0, 0.05) is 26.0 Å². The third kappa shape index (κ3) is 4.27. The SMILES string of the molecule is Cc1c(SCc2ccc(C(C)(C)C)s2)cnn(C(C)(C)C)c1=O. The summed E-state index contributed by atoms with van der Waals surface area (Å²) < 4.78 is 1.56. The molecule has 0 bridgehead atoms. The summed E-state index contributed by atoms with van der Waals surface area (Å²) >= 11 is 3.54. The lowest BCUT2D eigenvalue weighted by Gasteiger charge is -2.21. The average molecular weight is 351 g/mol. The normalized spacial score (nSPS) is 12.7. The van der Waals surface area contributed by atoms with Gasteiger partial charge < -0.3 is 0 Å². The molecule has 0 saturated carbocycles. The van der Waals surface area contributed by atoms with Gasteiger partial charge in [-0.25, -0.2) is 4.68 Å². The van der Waals surface area contributed by atoms with Gasteiger partial charge in [0.15, 0.2) is 0 Å². The third-order valence-corrected chi connectivity index (χ3v) is 6.45. The van der Waals surface area contributed by atoms with Gasteiger partial charge in [-0.05, 0) is 45.2 Å². The van der Waals surface area contributed by atoms with Gasteiger partial charge >= 0.3 is 0 Å². The van der Waals surface area contributed by atoms with E-state index in [4.69, 9.17) is 0 Å². The molecule has 2 rings (SSSR count). The summed E-state index contributed by atoms with van der Waals surface area (Å²) in [7, 11) is 0. The second-order valence-corrected chi connectivity index (χ2v) is 10.0. The number of aromatic nitrogens is 2. The molecule has 5 heteroatoms. The fourth-order valence-corrected chi connectivity index (χ4v) is 4.25. The molecule has 2 aromatic heterocycles. The maximum atomic E-state index is 12.5. The molecule has 0 atom stereocenters. The highest BCUT2D eigenvalue weighted by molar-refractivity contribution is 7.98. The van der Waals surface area contributed by atoms with Crippen molar-refractivity contribution in [1.29, 1.82) is 0 Å². The first kappa shape index (κ1) is 18.3. The Bertz CT molecular complexity index is 746. The molecule has 2 heterocycles. The van der Waals surface area contributed by atoms with E-state index in [-0.39, 0.29) is 16.5 Å². The van der Waals surface area contributed by atoms with E-state index >= 15 is 0 Å². The predicted molar refractivity (Wildman–Crippen MR) is 101 cm³/mol. The van der Waals surface area contributed by atoms with Gasteiger partial charge in [-0.3, -0.25) is 4.79 Å². The molecule has 0 aliphatic heterocycles. The summed E-state index contributed by atoms with van der Waals surface area (Å²) in [4.78, 5) is 16.2. The molecule has 2 aromatic rings. The Morgan fingerprint density at radius 1 is 1.17 bits per heavy atom. The van der Waals surface area contributed by atoms with E-state index in [9.17, 15) is 4.79 Å². The van der Waals surface area contributed by atoms with Gasteiger partial charge in [0.1, 0.15) is 0 Å². The summed E-state index contributed by atoms with van der Waals surface area (Å²) in [6.07, 6.45) is 1.82. The standard InChI is InChI=1S/C18H26N2OS2/c1-12-14(10-19-20(16(12)21)18(5,6)7)22-11-13-8-9-15(23-13)17(2,3)4/h8-10H,11H2,1-7H3. The average Bonchev–Trinajstić information content (AvgIpc) is 2.87. The van der Waals surface area contributed by atoms with E-state index in [0.717, 1.165) is 16.2 Å². The molecule has 0 fully saturated rings. The minimum absolute atomic E-state index is 0.00376. The molecule has 0 unspecified atom stereocenters. The van der Waals surface area contributed by atoms with Crippen molar-refractivity contribution in [1.82, 2.24) is 9.78 Å². The van der Waals surface area contributed by atoms with Crippen molar-refractivity contribution >= 4 is 23.1 Å². The van der Waals surface area contributed by atoms with Crippen molar-refractivity contribution in [2.75, 3.05) is 0 Å². The molecule has 0 aromatic carbocycles. The predicted octanol–water partition coefficient (Wildman–Crippen LogP) is 4.96. The molecule has 0 saturated heterocycles. The highest BCUT2D eigenvalue weighted by atomic mass is 32.2. The molecular formula is C18H26N2OS2. The summed E-state index contributed by atoms with van der Waals surface area (Å²) in [5, 5.41) is 4.35. The van der Waals surface area contributed by atoms with Crippen molar-refractivity contribution < 1.29 is 0 Å². The highest BCUT2D eigenvalue weighted by Gasteiger charge is 2.19. The molecule has 3 nitrogen and oxygen atoms in total. The largest absolute Gasteiger partial charge is 0.271 e. The number of hydrogen-bond donors (Lipinski definition) is 0. The van der Waals surface area contributed by atoms with E-state index in [0.29, 0.717) is 0 Å². The number of thiophene rings is 1. The molecule has 0 radical (unpaired) electrons. The molecule has 0 aliphatic carbocycles. The van der Waals surface area contributed by atoms with Crippen LogP contribution in [0.5, 0.6) is 0 Å². The Morgan fingerprint density at radius 3 is 2.35 bits per heavy atom. The van der Waals surface area contributed by atoms with Crippen molar-refractivity contribution in [2.24, 2.45) is 0 Å². The summed E-state index contributed by atoms with van der Waals surface area (Å²) in [5.41, 5.74) is 0.690. The first-order valence-corrected chi connectivity index (χ1v) is 9.62. The number of hydrogen-bond acceptors (Lipinski definition) is 4. The van der Waals surface area contributed by atoms with Crippen LogP contribution in [0, 0.1) is 6.92 Å². The van der Waals surface area contributed by atoms with Crippen molar-refractivity contribution in [2.45, 2.75) is 70.1 Å². The molecule has 0 aliphatic rings. The van der Waals surface area contributed by atoms with Crippen LogP contribution in [0.1, 0.15) is 56.9 Å². The second kappa shape index (κ2) is 6.44. The zero-order chi connectivity index (χ0) is 17.4. The lowest BCUT2D eigenvalue weighted by Crippen LogP contribution is -2.37. The summed E-state index contributed by atoms with van der Waals surface area (Å²) in [6, 6.07) is 4.40. The Labute approximate surface area is 147 Å². The van der Waals surface area contributed by atoms with Gasteiger partial charge in [0.2, 0.25) is 0 Å². The fraction of sp³-hybridized carbons (Fsp3) is 0.556. The Hall–Kier alpha value is -1.07. The van der Waals surface area contributed by atoms with E-state index in [1.54, 1.807) is 16.4 Å². The molecule has 126 valence electrons. The van der Waals surface area contributed by atoms with Crippen molar-refractivity contribution in [3.8, 4) is 0 Å². The molecular weight excluding hydrogens is 324 g/mol. The maximum absolute atomic E-state index is 12.5. The first-order chi connectivity index (χ1) is 10.5. The van der Waals surface area contributed by atoms with Gasteiger partial charge in [-0.1, -0.05) is 20.8 Å². The zero-order valence-electron chi connectivity index (χ0n) is 15.1. The van der Waals surface area contributed by atoms with E-state index in [1.165, 1.54) is 9.75 Å². The number of rotatable bonds is 3. The van der Waals surface area contributed by atoms with Gasteiger partial charge in [0.25, 0.3) is 5.56 Å². The van der Waals surface area contributed by atoms with E-state index in [2.05, 4.69) is 38.0 Å². The van der Waals surface area contributed by atoms with Crippen LogP contribution in [0.3, 0.4) is 0 Å². The topological polar surface area (TPSA) is 34.9 Å². The minimum Gasteiger partial charge on any atom is -0.267 e. The Morgan fingerprint density at radius 2 is 1.83 bits per heavy atom. The van der Waals surface area contributed by atoms with Gasteiger partial charge in [-0.15, -0.1) is 23.1 Å². The van der Waals surface area contributed by atoms with Crippen LogP contribution >= 0.6 is 23.1 Å². The monoisotopic (exact) mass is 350 g/mol. The lowest BCUT2D eigenvalue weighted by molar-refractivity contribution is 0.334. The summed E-state index contributed by atoms with van der Waals surface area (Å²) in [6.45, 7) is 14.6. The van der Waals surface area contributed by atoms with Crippen LogP contribution in [0.2, 0.25) is 0 Å². The third-order valence-electron chi connectivity index (χ3n) is 3.58. The van der Waals surface area contributed by atoms with Gasteiger partial charge in [0.05, 0.1) is 11.7 Å². The lowest BCUT2D eigenvalue weighted by atomic mass is 9.95. The maximum Gasteiger partial charge on any atom is 0.271 e. The summed E-state index contributed by atoms with van der Waals surface area (Å²) in [5.74, 6) is 0.877. The first-order valence-electron chi connectivity index (χ1n) is 7.81. The van der Waals surface area contributed by atoms with Crippen LogP contribution in [0.4, 0.5) is 0 Å². The Balaban J connectivity index is 2.17. The van der Waals surface area contributed by atoms with E-state index < -0.39 is 0 Å². The quantitative estimate of drug-likeness (QED) is 0.734. The van der Waals surface area contributed by atoms with Crippen LogP contribution < -0.4 is 5.56 Å². The van der Waals surface area contributed by atoms with Crippen molar-refractivity contribution in [3.63, 3.8) is 0 Å².